The highest BCUT2D eigenvalue weighted by molar-refractivity contribution is 5.94. The van der Waals surface area contributed by atoms with E-state index in [2.05, 4.69) is 29.7 Å². The second-order valence-electron chi connectivity index (χ2n) is 13.1. The molecule has 1 unspecified atom stereocenters. The van der Waals surface area contributed by atoms with Crippen LogP contribution in [0.4, 0.5) is 4.39 Å². The molecular weight excluding hydrogens is 725 g/mol. The van der Waals surface area contributed by atoms with E-state index in [0.29, 0.717) is 56.6 Å². The predicted molar refractivity (Wildman–Crippen MR) is 205 cm³/mol. The number of benzene rings is 4. The SMILES string of the molecule is COCOc1cccc2nc(OC)c(-c3cccc(C(=O)OC)c3F)nc12.O=c1[nH]c2cccc3c2nc1-c1cccc2c(=O)n([nH]c12)CCN1CC[C@@H](C1)O3. The van der Waals surface area contributed by atoms with Gasteiger partial charge in [0.2, 0.25) is 5.88 Å². The minimum atomic E-state index is -0.786. The van der Waals surface area contributed by atoms with Crippen molar-refractivity contribution in [3.8, 4) is 39.9 Å². The van der Waals surface area contributed by atoms with E-state index >= 15 is 0 Å². The highest BCUT2D eigenvalue weighted by Gasteiger charge is 2.26. The van der Waals surface area contributed by atoms with Crippen LogP contribution in [0.25, 0.3) is 55.5 Å². The molecule has 56 heavy (non-hydrogen) atoms. The van der Waals surface area contributed by atoms with Crippen molar-refractivity contribution in [1.29, 1.82) is 0 Å². The minimum absolute atomic E-state index is 0.0222. The Morgan fingerprint density at radius 2 is 1.68 bits per heavy atom. The number of H-pyrrole nitrogens is 2. The number of nitrogens with one attached hydrogen (secondary N) is 2. The van der Waals surface area contributed by atoms with Crippen molar-refractivity contribution in [2.75, 3.05) is 47.8 Å². The van der Waals surface area contributed by atoms with E-state index < -0.39 is 11.8 Å². The fourth-order valence-electron chi connectivity index (χ4n) is 6.99. The van der Waals surface area contributed by atoms with Crippen LogP contribution in [0.2, 0.25) is 0 Å². The van der Waals surface area contributed by atoms with Gasteiger partial charge in [-0.05, 0) is 48.9 Å². The number of ether oxygens (including phenoxy) is 5. The Kier molecular flexibility index (Phi) is 9.88. The van der Waals surface area contributed by atoms with Crippen LogP contribution in [0.15, 0.2) is 82.4 Å². The summed E-state index contributed by atoms with van der Waals surface area (Å²) in [5, 5.41) is 3.77. The molecule has 1 fully saturated rings. The van der Waals surface area contributed by atoms with Crippen LogP contribution in [-0.2, 0) is 16.0 Å². The predicted octanol–water partition coefficient (Wildman–Crippen LogP) is 4.91. The smallest absolute Gasteiger partial charge is 0.340 e. The Labute approximate surface area is 317 Å². The van der Waals surface area contributed by atoms with Crippen LogP contribution < -0.4 is 25.3 Å². The summed E-state index contributed by atoms with van der Waals surface area (Å²) in [7, 11) is 4.09. The van der Waals surface area contributed by atoms with E-state index in [1.807, 2.05) is 24.3 Å². The van der Waals surface area contributed by atoms with Gasteiger partial charge in [0.25, 0.3) is 11.1 Å². The zero-order valence-electron chi connectivity index (χ0n) is 30.6. The zero-order chi connectivity index (χ0) is 38.9. The Balaban J connectivity index is 0.000000158. The molecule has 15 nitrogen and oxygen atoms in total. The van der Waals surface area contributed by atoms with Crippen LogP contribution in [0.1, 0.15) is 16.8 Å². The van der Waals surface area contributed by atoms with Gasteiger partial charge in [-0.1, -0.05) is 30.3 Å². The molecule has 2 N–H and O–H groups in total. The lowest BCUT2D eigenvalue weighted by atomic mass is 10.1. The number of carbonyl (C=O) groups is 1. The zero-order valence-corrected chi connectivity index (χ0v) is 30.6. The Morgan fingerprint density at radius 1 is 0.893 bits per heavy atom. The van der Waals surface area contributed by atoms with Gasteiger partial charge in [0.05, 0.1) is 48.3 Å². The maximum Gasteiger partial charge on any atom is 0.340 e. The van der Waals surface area contributed by atoms with Crippen molar-refractivity contribution in [2.45, 2.75) is 19.1 Å². The van der Waals surface area contributed by atoms with Crippen molar-refractivity contribution in [2.24, 2.45) is 0 Å². The second kappa shape index (κ2) is 15.2. The number of esters is 1. The normalized spacial score (nSPS) is 16.0. The highest BCUT2D eigenvalue weighted by Crippen LogP contribution is 2.35. The lowest BCUT2D eigenvalue weighted by Crippen LogP contribution is -2.30. The summed E-state index contributed by atoms with van der Waals surface area (Å²) in [4.78, 5) is 56.3. The van der Waals surface area contributed by atoms with Crippen LogP contribution in [-0.4, -0.2) is 94.4 Å². The van der Waals surface area contributed by atoms with E-state index in [9.17, 15) is 18.8 Å². The Bertz CT molecular complexity index is 2750. The number of methoxy groups -OCH3 is 3. The van der Waals surface area contributed by atoms with Crippen molar-refractivity contribution >= 4 is 38.9 Å². The van der Waals surface area contributed by atoms with E-state index in [-0.39, 0.29) is 52.4 Å². The summed E-state index contributed by atoms with van der Waals surface area (Å²) in [6, 6.07) is 20.5. The van der Waals surface area contributed by atoms with Gasteiger partial charge in [-0.25, -0.2) is 24.1 Å². The summed E-state index contributed by atoms with van der Waals surface area (Å²) >= 11 is 0. The third kappa shape index (κ3) is 6.69. The molecular formula is C40H36FN7O8. The fraction of sp³-hybridized carbons (Fsp3) is 0.250. The number of fused-ring (bicyclic) bond motifs is 6. The van der Waals surface area contributed by atoms with Crippen molar-refractivity contribution in [3.05, 3.63) is 105 Å². The molecule has 286 valence electrons. The van der Waals surface area contributed by atoms with Gasteiger partial charge in [-0.15, -0.1) is 0 Å². The summed E-state index contributed by atoms with van der Waals surface area (Å²) in [6.07, 6.45) is 0.968. The quantitative estimate of drug-likeness (QED) is 0.173. The van der Waals surface area contributed by atoms with Gasteiger partial charge in [-0.2, -0.15) is 0 Å². The summed E-state index contributed by atoms with van der Waals surface area (Å²) in [6.45, 7) is 3.06. The number of nitrogens with zero attached hydrogens (tertiary/aromatic N) is 5. The van der Waals surface area contributed by atoms with Gasteiger partial charge in [-0.3, -0.25) is 24.3 Å². The number of para-hydroxylation sites is 3. The second-order valence-corrected chi connectivity index (χ2v) is 13.1. The van der Waals surface area contributed by atoms with Crippen molar-refractivity contribution in [3.63, 3.8) is 0 Å². The highest BCUT2D eigenvalue weighted by atomic mass is 19.1. The van der Waals surface area contributed by atoms with Gasteiger partial charge in [0.1, 0.15) is 45.8 Å². The Hall–Kier alpha value is -6.65. The largest absolute Gasteiger partial charge is 0.487 e. The monoisotopic (exact) mass is 761 g/mol. The number of aromatic nitrogens is 6. The molecule has 0 radical (unpaired) electrons. The lowest BCUT2D eigenvalue weighted by Gasteiger charge is -2.18. The Morgan fingerprint density at radius 3 is 2.50 bits per heavy atom. The maximum absolute atomic E-state index is 14.9. The van der Waals surface area contributed by atoms with Crippen LogP contribution in [0.3, 0.4) is 0 Å². The first-order valence-corrected chi connectivity index (χ1v) is 17.8. The number of carbonyl (C=O) groups excluding carboxylic acids is 1. The van der Waals surface area contributed by atoms with Gasteiger partial charge in [0.15, 0.2) is 6.79 Å². The van der Waals surface area contributed by atoms with E-state index in [1.54, 1.807) is 35.0 Å². The minimum Gasteiger partial charge on any atom is -0.487 e. The number of rotatable bonds is 6. The first kappa shape index (κ1) is 36.3. The first-order chi connectivity index (χ1) is 27.3. The van der Waals surface area contributed by atoms with Gasteiger partial charge in [0, 0.05) is 37.9 Å². The van der Waals surface area contributed by atoms with Crippen molar-refractivity contribution in [1.82, 2.24) is 34.6 Å². The average molecular weight is 762 g/mol. The molecule has 0 aliphatic carbocycles. The topological polar surface area (TPSA) is 176 Å². The number of hydrogen-bond donors (Lipinski definition) is 2. The van der Waals surface area contributed by atoms with E-state index in [1.165, 1.54) is 39.5 Å². The molecule has 16 heteroatoms. The van der Waals surface area contributed by atoms with Crippen LogP contribution >= 0.6 is 0 Å². The van der Waals surface area contributed by atoms with E-state index in [4.69, 9.17) is 23.9 Å². The molecule has 3 aromatic heterocycles. The molecule has 9 rings (SSSR count). The van der Waals surface area contributed by atoms with Gasteiger partial charge < -0.3 is 28.7 Å². The third-order valence-electron chi connectivity index (χ3n) is 9.70. The van der Waals surface area contributed by atoms with Crippen LogP contribution in [0, 0.1) is 5.82 Å². The van der Waals surface area contributed by atoms with Crippen LogP contribution in [0.5, 0.6) is 17.4 Å². The molecule has 4 aromatic carbocycles. The number of halogens is 1. The molecule has 7 aromatic rings. The molecule has 0 amide bonds. The van der Waals surface area contributed by atoms with Crippen molar-refractivity contribution < 1.29 is 32.9 Å². The summed E-state index contributed by atoms with van der Waals surface area (Å²) in [5.41, 5.74) is 3.31. The van der Waals surface area contributed by atoms with E-state index in [0.717, 1.165) is 26.1 Å². The lowest BCUT2D eigenvalue weighted by molar-refractivity contribution is 0.0520. The molecule has 0 saturated carbocycles. The summed E-state index contributed by atoms with van der Waals surface area (Å²) < 4.78 is 43.2. The molecule has 1 saturated heterocycles. The molecule has 2 aliphatic rings. The van der Waals surface area contributed by atoms with Gasteiger partial charge >= 0.3 is 5.97 Å². The fourth-order valence-corrected chi connectivity index (χ4v) is 6.99. The molecule has 6 bridgehead atoms. The first-order valence-electron chi connectivity index (χ1n) is 17.8. The average Bonchev–Trinajstić information content (AvgIpc) is 3.81. The standard InChI is InChI=1S/C21H19N5O3.C19H17FN2O5/c27-20-18-13-3-1-4-14-17(13)24-26(21(14)28)10-9-25-8-7-12(11-25)29-16-6-2-5-15(22-20)19(16)23-18;1-24-10-27-14-9-5-8-13-17(14)22-16(18(21-13)25-2)11-6-4-7-12(15(11)20)19(23)26-3/h1-6,12,24H,7-11H2,(H,22,27);4-9H,10H2,1-3H3/t12-;/m0./s1. The number of aromatic amines is 2. The molecule has 0 spiro atoms. The molecule has 2 atom stereocenters. The molecule has 5 heterocycles. The maximum atomic E-state index is 14.9. The summed E-state index contributed by atoms with van der Waals surface area (Å²) in [5.74, 6) is -0.345. The third-order valence-corrected chi connectivity index (χ3v) is 9.70. The number of hydrogen-bond acceptors (Lipinski definition) is 12. The molecule has 2 aliphatic heterocycles.